The molecule has 0 saturated carbocycles. The van der Waals surface area contributed by atoms with E-state index in [0.717, 1.165) is 0 Å². The summed E-state index contributed by atoms with van der Waals surface area (Å²) in [4.78, 5) is 13.5. The van der Waals surface area contributed by atoms with Crippen molar-refractivity contribution in [3.8, 4) is 0 Å². The van der Waals surface area contributed by atoms with Gasteiger partial charge in [-0.05, 0) is 12.1 Å². The number of para-hydroxylation sites is 1. The van der Waals surface area contributed by atoms with E-state index in [4.69, 9.17) is 23.1 Å². The van der Waals surface area contributed by atoms with Crippen LogP contribution in [-0.4, -0.2) is 0 Å². The first-order valence-corrected chi connectivity index (χ1v) is 5.11. The smallest absolute Gasteiger partial charge is 0.410 e. The minimum atomic E-state index is -4.94. The molecule has 1 aromatic heterocycles. The molecule has 0 aliphatic rings. The van der Waals surface area contributed by atoms with E-state index in [9.17, 15) is 4.79 Å². The molecule has 8 heteroatoms. The van der Waals surface area contributed by atoms with Crippen LogP contribution in [0.15, 0.2) is 39.9 Å². The molecule has 1 N–H and O–H groups in total. The molecule has 2 rings (SSSR count). The van der Waals surface area contributed by atoms with Crippen molar-refractivity contribution in [1.82, 2.24) is 0 Å². The van der Waals surface area contributed by atoms with E-state index in [2.05, 4.69) is 4.98 Å². The van der Waals surface area contributed by atoms with Gasteiger partial charge in [-0.1, -0.05) is 12.1 Å². The van der Waals surface area contributed by atoms with Crippen LogP contribution in [0.2, 0.25) is 0 Å². The van der Waals surface area contributed by atoms with Gasteiger partial charge in [0, 0.05) is 0 Å². The molecule has 0 radical (unpaired) electrons. The summed E-state index contributed by atoms with van der Waals surface area (Å²) in [5, 5.41) is 0.579. The summed E-state index contributed by atoms with van der Waals surface area (Å²) < 4.78 is 39.0. The third-order valence-electron chi connectivity index (χ3n) is 1.51. The zero-order chi connectivity index (χ0) is 12.2. The summed E-state index contributed by atoms with van der Waals surface area (Å²) in [5.74, 6) is 0. The fourth-order valence-electron chi connectivity index (χ4n) is 0.981. The summed E-state index contributed by atoms with van der Waals surface area (Å²) in [6.07, 6.45) is 1.28. The van der Waals surface area contributed by atoms with E-state index in [1.54, 1.807) is 18.2 Å². The lowest BCUT2D eigenvalue weighted by Crippen LogP contribution is -2.68. The Bertz CT molecular complexity index is 508. The molecular formula is C8H6ClNO6. The number of halogens is 1. The van der Waals surface area contributed by atoms with Crippen molar-refractivity contribution in [2.75, 3.05) is 0 Å². The number of H-pyrrole nitrogens is 1. The average Bonchev–Trinajstić information content (AvgIpc) is 2.16. The first-order valence-electron chi connectivity index (χ1n) is 3.88. The highest BCUT2D eigenvalue weighted by Gasteiger charge is 2.01. The highest BCUT2D eigenvalue weighted by molar-refractivity contribution is 5.73. The first kappa shape index (κ1) is 12.6. The fourth-order valence-corrected chi connectivity index (χ4v) is 0.981. The van der Waals surface area contributed by atoms with Crippen molar-refractivity contribution in [3.63, 3.8) is 0 Å². The molecule has 0 fully saturated rings. The first-order chi connectivity index (χ1) is 7.38. The molecule has 1 heterocycles. The van der Waals surface area contributed by atoms with Gasteiger partial charge in [0.2, 0.25) is 0 Å². The Balaban J connectivity index is 0.000000221. The quantitative estimate of drug-likeness (QED) is 0.463. The second-order valence-corrected chi connectivity index (χ2v) is 3.34. The van der Waals surface area contributed by atoms with Crippen LogP contribution in [-0.2, 0) is 0 Å². The summed E-state index contributed by atoms with van der Waals surface area (Å²) in [6, 6.07) is 7.10. The zero-order valence-corrected chi connectivity index (χ0v) is 8.47. The number of hydrogen-bond acceptors (Lipinski definition) is 6. The number of hydrogen-bond donors (Lipinski definition) is 0. The minimum absolute atomic E-state index is 0.119. The molecule has 0 spiro atoms. The molecular weight excluding hydrogens is 242 g/mol. The topological polar surface area (TPSA) is 137 Å². The third kappa shape index (κ3) is 4.34. The predicted octanol–water partition coefficient (Wildman–Crippen LogP) is -4.15. The van der Waals surface area contributed by atoms with E-state index in [-0.39, 0.29) is 5.56 Å². The Morgan fingerprint density at radius 1 is 1.12 bits per heavy atom. The standard InChI is InChI=1S/C8H5NO2.ClHO4/c10-8-6-3-1-2-4-7(6)11-5-9-8;2-1(3,4)5/h1-5H;(H,2,3,4,5). The lowest BCUT2D eigenvalue weighted by atomic mass is 10.3. The molecule has 0 unspecified atom stereocenters. The van der Waals surface area contributed by atoms with Gasteiger partial charge in [-0.3, -0.25) is 0 Å². The second-order valence-electron chi connectivity index (χ2n) is 2.58. The van der Waals surface area contributed by atoms with Crippen LogP contribution in [0.25, 0.3) is 11.0 Å². The van der Waals surface area contributed by atoms with Crippen molar-refractivity contribution >= 4 is 11.0 Å². The maximum atomic E-state index is 11.1. The van der Waals surface area contributed by atoms with Gasteiger partial charge in [-0.2, -0.15) is 0 Å². The lowest BCUT2D eigenvalue weighted by molar-refractivity contribution is -2.00. The second kappa shape index (κ2) is 5.01. The SMILES string of the molecule is O=c1[nH+]coc2ccccc12.[O-][Cl+3]([O-])([O-])[O-]. The molecule has 0 saturated heterocycles. The van der Waals surface area contributed by atoms with Gasteiger partial charge < -0.3 is 4.42 Å². The number of nitrogens with one attached hydrogen (secondary N) is 1. The van der Waals surface area contributed by atoms with Crippen LogP contribution in [0.1, 0.15) is 0 Å². The average molecular weight is 248 g/mol. The zero-order valence-electron chi connectivity index (χ0n) is 7.71. The van der Waals surface area contributed by atoms with Crippen LogP contribution < -0.4 is 29.2 Å². The van der Waals surface area contributed by atoms with Gasteiger partial charge in [0.15, 0.2) is 5.58 Å². The summed E-state index contributed by atoms with van der Waals surface area (Å²) >= 11 is 0. The van der Waals surface area contributed by atoms with Crippen LogP contribution >= 0.6 is 0 Å². The monoisotopic (exact) mass is 247 g/mol. The largest absolute Gasteiger partial charge is 0.424 e. The van der Waals surface area contributed by atoms with Crippen LogP contribution in [0, 0.1) is 10.2 Å². The van der Waals surface area contributed by atoms with E-state index in [1.807, 2.05) is 6.07 Å². The Morgan fingerprint density at radius 2 is 1.69 bits per heavy atom. The molecule has 0 aliphatic carbocycles. The Kier molecular flexibility index (Phi) is 3.93. The molecule has 0 amide bonds. The van der Waals surface area contributed by atoms with Gasteiger partial charge >= 0.3 is 12.0 Å². The van der Waals surface area contributed by atoms with E-state index >= 15 is 0 Å². The Labute approximate surface area is 90.9 Å². The Morgan fingerprint density at radius 3 is 2.25 bits per heavy atom. The third-order valence-corrected chi connectivity index (χ3v) is 1.51. The summed E-state index contributed by atoms with van der Waals surface area (Å²) in [7, 11) is -4.94. The van der Waals surface area contributed by atoms with Gasteiger partial charge in [-0.15, -0.1) is 15.2 Å². The molecule has 16 heavy (non-hydrogen) atoms. The van der Waals surface area contributed by atoms with Crippen LogP contribution in [0.3, 0.4) is 0 Å². The summed E-state index contributed by atoms with van der Waals surface area (Å²) in [5.41, 5.74) is 0.489. The normalized spacial score (nSPS) is 10.8. The predicted molar refractivity (Wildman–Crippen MR) is 39.0 cm³/mol. The fraction of sp³-hybridized carbons (Fsp3) is 0. The van der Waals surface area contributed by atoms with Crippen molar-refractivity contribution < 1.29 is 38.3 Å². The maximum Gasteiger partial charge on any atom is 0.424 e. The molecule has 1 aromatic carbocycles. The molecule has 7 nitrogen and oxygen atoms in total. The van der Waals surface area contributed by atoms with Gasteiger partial charge in [0.05, 0.1) is 0 Å². The number of fused-ring (bicyclic) bond motifs is 1. The Hall–Kier alpha value is -1.51. The minimum Gasteiger partial charge on any atom is -0.410 e. The molecule has 86 valence electrons. The maximum absolute atomic E-state index is 11.1. The molecule has 2 aromatic rings. The molecule has 0 bridgehead atoms. The van der Waals surface area contributed by atoms with Crippen molar-refractivity contribution in [3.05, 3.63) is 41.0 Å². The van der Waals surface area contributed by atoms with Crippen molar-refractivity contribution in [2.45, 2.75) is 0 Å². The lowest BCUT2D eigenvalue weighted by Gasteiger charge is -2.17. The van der Waals surface area contributed by atoms with E-state index < -0.39 is 10.2 Å². The molecule has 0 aliphatic heterocycles. The highest BCUT2D eigenvalue weighted by atomic mass is 35.7. The molecule has 0 atom stereocenters. The number of aromatic nitrogens is 1. The number of benzene rings is 1. The van der Waals surface area contributed by atoms with Crippen LogP contribution in [0.5, 0.6) is 0 Å². The van der Waals surface area contributed by atoms with Crippen LogP contribution in [0.4, 0.5) is 0 Å². The van der Waals surface area contributed by atoms with Gasteiger partial charge in [0.1, 0.15) is 5.39 Å². The highest BCUT2D eigenvalue weighted by Crippen LogP contribution is 2.04. The van der Waals surface area contributed by atoms with Crippen molar-refractivity contribution in [2.24, 2.45) is 0 Å². The van der Waals surface area contributed by atoms with E-state index in [0.29, 0.717) is 11.0 Å². The number of aromatic amines is 1. The van der Waals surface area contributed by atoms with E-state index in [1.165, 1.54) is 6.39 Å². The number of rotatable bonds is 0. The summed E-state index contributed by atoms with van der Waals surface area (Å²) in [6.45, 7) is 0. The van der Waals surface area contributed by atoms with Gasteiger partial charge in [-0.25, -0.2) is 23.4 Å². The van der Waals surface area contributed by atoms with Crippen molar-refractivity contribution in [1.29, 1.82) is 0 Å². The van der Waals surface area contributed by atoms with Gasteiger partial charge in [0.25, 0.3) is 0 Å².